The predicted octanol–water partition coefficient (Wildman–Crippen LogP) is 10.1. The first-order chi connectivity index (χ1) is 17.0. The molecule has 2 aromatic rings. The lowest BCUT2D eigenvalue weighted by molar-refractivity contribution is 0.285. The summed E-state index contributed by atoms with van der Waals surface area (Å²) < 4.78 is 65.0. The van der Waals surface area contributed by atoms with Crippen LogP contribution in [0.5, 0.6) is 5.75 Å². The van der Waals surface area contributed by atoms with E-state index in [2.05, 4.69) is 13.8 Å². The van der Waals surface area contributed by atoms with Gasteiger partial charge in [0.15, 0.2) is 23.2 Å². The average molecular weight is 493 g/mol. The molecule has 3 rings (SSSR count). The summed E-state index contributed by atoms with van der Waals surface area (Å²) in [5.41, 5.74) is -0.206. The minimum atomic E-state index is -1.21. The Hall–Kier alpha value is -2.04. The van der Waals surface area contributed by atoms with E-state index >= 15 is 8.78 Å². The van der Waals surface area contributed by atoms with E-state index in [1.807, 2.05) is 0 Å². The van der Waals surface area contributed by atoms with Crippen molar-refractivity contribution in [2.75, 3.05) is 6.61 Å². The Morgan fingerprint density at radius 3 is 1.94 bits per heavy atom. The zero-order chi connectivity index (χ0) is 25.2. The first-order valence-electron chi connectivity index (χ1n) is 13.6. The first-order valence-corrected chi connectivity index (χ1v) is 13.6. The Bertz CT molecular complexity index is 934. The highest BCUT2D eigenvalue weighted by Gasteiger charge is 2.27. The molecule has 0 spiro atoms. The number of unbranched alkanes of at least 4 members (excludes halogenated alkanes) is 6. The minimum absolute atomic E-state index is 0.0317. The van der Waals surface area contributed by atoms with Gasteiger partial charge in [-0.2, -0.15) is 4.39 Å². The van der Waals surface area contributed by atoms with Crippen molar-refractivity contribution < 1.29 is 22.3 Å². The number of halogens is 4. The number of rotatable bonds is 13. The van der Waals surface area contributed by atoms with Crippen LogP contribution in [0.15, 0.2) is 24.3 Å². The highest BCUT2D eigenvalue weighted by Crippen LogP contribution is 2.41. The van der Waals surface area contributed by atoms with E-state index < -0.39 is 23.3 Å². The van der Waals surface area contributed by atoms with Gasteiger partial charge in [-0.25, -0.2) is 13.2 Å². The average Bonchev–Trinajstić information content (AvgIpc) is 2.87. The van der Waals surface area contributed by atoms with Crippen molar-refractivity contribution in [3.8, 4) is 16.9 Å². The topological polar surface area (TPSA) is 9.23 Å². The van der Waals surface area contributed by atoms with E-state index in [1.165, 1.54) is 50.3 Å². The van der Waals surface area contributed by atoms with Gasteiger partial charge in [0, 0.05) is 11.1 Å². The SMILES string of the molecule is CCCCCCCCOc1ccc(-c2ccc(C3CCC(CCCC)CC3)c(F)c2F)c(F)c1F. The molecule has 194 valence electrons. The van der Waals surface area contributed by atoms with Crippen LogP contribution in [0.2, 0.25) is 0 Å². The molecular formula is C30H40F4O. The summed E-state index contributed by atoms with van der Waals surface area (Å²) in [6, 6.07) is 5.50. The fourth-order valence-electron chi connectivity index (χ4n) is 5.26. The molecule has 0 heterocycles. The molecule has 1 fully saturated rings. The molecule has 0 radical (unpaired) electrons. The molecule has 5 heteroatoms. The van der Waals surface area contributed by atoms with Crippen molar-refractivity contribution in [3.63, 3.8) is 0 Å². The van der Waals surface area contributed by atoms with E-state index in [-0.39, 0.29) is 22.8 Å². The molecule has 0 aliphatic heterocycles. The highest BCUT2D eigenvalue weighted by atomic mass is 19.2. The highest BCUT2D eigenvalue weighted by molar-refractivity contribution is 5.66. The lowest BCUT2D eigenvalue weighted by atomic mass is 9.76. The van der Waals surface area contributed by atoms with E-state index in [0.717, 1.165) is 51.4 Å². The molecule has 0 saturated heterocycles. The van der Waals surface area contributed by atoms with Gasteiger partial charge < -0.3 is 4.74 Å². The summed E-state index contributed by atoms with van der Waals surface area (Å²) in [5.74, 6) is -4.00. The summed E-state index contributed by atoms with van der Waals surface area (Å²) in [6.45, 7) is 4.62. The molecule has 0 atom stereocenters. The maximum Gasteiger partial charge on any atom is 0.201 e. The molecule has 1 saturated carbocycles. The Balaban J connectivity index is 1.65. The van der Waals surface area contributed by atoms with Crippen molar-refractivity contribution in [1.29, 1.82) is 0 Å². The largest absolute Gasteiger partial charge is 0.490 e. The van der Waals surface area contributed by atoms with Crippen LogP contribution < -0.4 is 4.74 Å². The second-order valence-corrected chi connectivity index (χ2v) is 10.0. The lowest BCUT2D eigenvalue weighted by Gasteiger charge is -2.29. The standard InChI is InChI=1S/C30H40F4O/c1-3-5-7-8-9-10-20-35-26-19-18-25(29(33)30(26)34)24-17-16-23(27(31)28(24)32)22-14-12-21(13-15-22)11-6-4-2/h16-19,21-22H,3-15,20H2,1-2H3. The molecule has 0 unspecified atom stereocenters. The van der Waals surface area contributed by atoms with Crippen molar-refractivity contribution in [2.45, 2.75) is 103 Å². The van der Waals surface area contributed by atoms with Crippen LogP contribution in [0.3, 0.4) is 0 Å². The molecule has 0 amide bonds. The molecular weight excluding hydrogens is 452 g/mol. The lowest BCUT2D eigenvalue weighted by Crippen LogP contribution is -2.15. The van der Waals surface area contributed by atoms with Gasteiger partial charge >= 0.3 is 0 Å². The second-order valence-electron chi connectivity index (χ2n) is 10.0. The van der Waals surface area contributed by atoms with E-state index in [9.17, 15) is 8.78 Å². The third kappa shape index (κ3) is 7.24. The Labute approximate surface area is 208 Å². The van der Waals surface area contributed by atoms with Gasteiger partial charge in [-0.15, -0.1) is 0 Å². The minimum Gasteiger partial charge on any atom is -0.490 e. The predicted molar refractivity (Wildman–Crippen MR) is 135 cm³/mol. The van der Waals surface area contributed by atoms with Gasteiger partial charge in [0.25, 0.3) is 0 Å². The van der Waals surface area contributed by atoms with Crippen LogP contribution in [0.4, 0.5) is 17.6 Å². The molecule has 0 bridgehead atoms. The third-order valence-electron chi connectivity index (χ3n) is 7.46. The fraction of sp³-hybridized carbons (Fsp3) is 0.600. The number of ether oxygens (including phenoxy) is 1. The molecule has 1 aliphatic carbocycles. The van der Waals surface area contributed by atoms with Gasteiger partial charge in [-0.3, -0.25) is 0 Å². The second kappa shape index (κ2) is 13.9. The van der Waals surface area contributed by atoms with E-state index in [0.29, 0.717) is 18.1 Å². The van der Waals surface area contributed by atoms with Crippen molar-refractivity contribution in [3.05, 3.63) is 53.1 Å². The molecule has 1 nitrogen and oxygen atoms in total. The van der Waals surface area contributed by atoms with Gasteiger partial charge in [0.1, 0.15) is 0 Å². The van der Waals surface area contributed by atoms with Gasteiger partial charge in [-0.05, 0) is 61.6 Å². The monoisotopic (exact) mass is 492 g/mol. The van der Waals surface area contributed by atoms with Crippen LogP contribution in [0.1, 0.15) is 109 Å². The molecule has 35 heavy (non-hydrogen) atoms. The van der Waals surface area contributed by atoms with E-state index in [4.69, 9.17) is 4.74 Å². The van der Waals surface area contributed by atoms with Crippen molar-refractivity contribution in [2.24, 2.45) is 5.92 Å². The molecule has 0 aromatic heterocycles. The maximum atomic E-state index is 15.0. The zero-order valence-corrected chi connectivity index (χ0v) is 21.3. The zero-order valence-electron chi connectivity index (χ0n) is 21.3. The number of hydrogen-bond acceptors (Lipinski definition) is 1. The summed E-state index contributed by atoms with van der Waals surface area (Å²) >= 11 is 0. The molecule has 0 N–H and O–H groups in total. The van der Waals surface area contributed by atoms with Crippen LogP contribution in [-0.2, 0) is 0 Å². The van der Waals surface area contributed by atoms with E-state index in [1.54, 1.807) is 6.07 Å². The normalized spacial score (nSPS) is 18.1. The maximum absolute atomic E-state index is 15.0. The van der Waals surface area contributed by atoms with Crippen LogP contribution in [0, 0.1) is 29.2 Å². The van der Waals surface area contributed by atoms with Crippen molar-refractivity contribution >= 4 is 0 Å². The molecule has 2 aromatic carbocycles. The Morgan fingerprint density at radius 2 is 1.26 bits per heavy atom. The van der Waals surface area contributed by atoms with Crippen LogP contribution >= 0.6 is 0 Å². The summed E-state index contributed by atoms with van der Waals surface area (Å²) in [5, 5.41) is 0. The first kappa shape index (κ1) is 27.5. The summed E-state index contributed by atoms with van der Waals surface area (Å²) in [4.78, 5) is 0. The van der Waals surface area contributed by atoms with Gasteiger partial charge in [0.05, 0.1) is 6.61 Å². The van der Waals surface area contributed by atoms with Crippen LogP contribution in [-0.4, -0.2) is 6.61 Å². The van der Waals surface area contributed by atoms with Gasteiger partial charge in [0.2, 0.25) is 5.82 Å². The Morgan fingerprint density at radius 1 is 0.657 bits per heavy atom. The fourth-order valence-corrected chi connectivity index (χ4v) is 5.26. The van der Waals surface area contributed by atoms with Crippen LogP contribution in [0.25, 0.3) is 11.1 Å². The van der Waals surface area contributed by atoms with Gasteiger partial charge in [-0.1, -0.05) is 77.3 Å². The quantitative estimate of drug-likeness (QED) is 0.200. The summed E-state index contributed by atoms with van der Waals surface area (Å²) in [7, 11) is 0. The number of hydrogen-bond donors (Lipinski definition) is 0. The number of benzene rings is 2. The summed E-state index contributed by atoms with van der Waals surface area (Å²) in [6.07, 6.45) is 13.6. The smallest absolute Gasteiger partial charge is 0.201 e. The molecule has 1 aliphatic rings. The van der Waals surface area contributed by atoms with Crippen molar-refractivity contribution in [1.82, 2.24) is 0 Å². The Kier molecular flexibility index (Phi) is 10.9. The third-order valence-corrected chi connectivity index (χ3v) is 7.46.